The zero-order valence-corrected chi connectivity index (χ0v) is 18.8. The zero-order valence-electron chi connectivity index (χ0n) is 17.3. The molecule has 162 valence electrons. The van der Waals surface area contributed by atoms with E-state index in [-0.39, 0.29) is 18.0 Å². The molecule has 0 saturated carbocycles. The third-order valence-corrected chi connectivity index (χ3v) is 5.70. The lowest BCUT2D eigenvalue weighted by Crippen LogP contribution is -2.12. The summed E-state index contributed by atoms with van der Waals surface area (Å²) in [5.74, 6) is 0.753. The van der Waals surface area contributed by atoms with E-state index >= 15 is 0 Å². The molecule has 3 aromatic carbocycles. The summed E-state index contributed by atoms with van der Waals surface area (Å²) >= 11 is 12.4. The van der Waals surface area contributed by atoms with Crippen LogP contribution in [-0.2, 0) is 11.2 Å². The summed E-state index contributed by atoms with van der Waals surface area (Å²) < 4.78 is 16.5. The molecule has 1 heterocycles. The first-order chi connectivity index (χ1) is 15.4. The third kappa shape index (κ3) is 4.35. The highest BCUT2D eigenvalue weighted by Crippen LogP contribution is 2.40. The number of hydrogen-bond acceptors (Lipinski definition) is 5. The minimum Gasteiger partial charge on any atom is -0.497 e. The van der Waals surface area contributed by atoms with Crippen LogP contribution in [0.4, 0.5) is 0 Å². The van der Waals surface area contributed by atoms with Crippen molar-refractivity contribution in [2.24, 2.45) is 0 Å². The number of hydrogen-bond donors (Lipinski definition) is 0. The van der Waals surface area contributed by atoms with E-state index < -0.39 is 5.97 Å². The topological polar surface area (TPSA) is 61.8 Å². The number of carbonyl (C=O) groups is 2. The van der Waals surface area contributed by atoms with Crippen molar-refractivity contribution in [3.63, 3.8) is 0 Å². The van der Waals surface area contributed by atoms with Gasteiger partial charge in [0.15, 0.2) is 5.76 Å². The van der Waals surface area contributed by atoms with Gasteiger partial charge in [0.25, 0.3) is 0 Å². The summed E-state index contributed by atoms with van der Waals surface area (Å²) in [4.78, 5) is 25.2. The number of esters is 1. The van der Waals surface area contributed by atoms with Crippen LogP contribution in [-0.4, -0.2) is 18.9 Å². The summed E-state index contributed by atoms with van der Waals surface area (Å²) in [6.07, 6.45) is 1.61. The number of Topliss-reactive ketones (excluding diaryl/α,β-unsaturated/α-hetero) is 1. The highest BCUT2D eigenvalue weighted by molar-refractivity contribution is 6.37. The van der Waals surface area contributed by atoms with Crippen molar-refractivity contribution in [1.29, 1.82) is 0 Å². The molecule has 0 N–H and O–H groups in total. The minimum atomic E-state index is -0.429. The summed E-state index contributed by atoms with van der Waals surface area (Å²) in [6.45, 7) is 1.73. The molecular weight excluding hydrogens is 451 g/mol. The number of rotatable bonds is 5. The van der Waals surface area contributed by atoms with Crippen molar-refractivity contribution < 1.29 is 23.8 Å². The first kappa shape index (κ1) is 21.9. The van der Waals surface area contributed by atoms with E-state index in [0.29, 0.717) is 44.0 Å². The van der Waals surface area contributed by atoms with Crippen molar-refractivity contribution in [2.45, 2.75) is 13.3 Å². The fraction of sp³-hybridized carbons (Fsp3) is 0.120. The minimum absolute atomic E-state index is 0.0937. The lowest BCUT2D eigenvalue weighted by Gasteiger charge is -2.10. The highest BCUT2D eigenvalue weighted by Gasteiger charge is 2.31. The van der Waals surface area contributed by atoms with Crippen molar-refractivity contribution in [2.75, 3.05) is 7.11 Å². The predicted molar refractivity (Wildman–Crippen MR) is 123 cm³/mol. The Labute approximate surface area is 195 Å². The second-order valence-corrected chi connectivity index (χ2v) is 7.95. The predicted octanol–water partition coefficient (Wildman–Crippen LogP) is 6.07. The third-order valence-electron chi connectivity index (χ3n) is 5.04. The monoisotopic (exact) mass is 468 g/mol. The van der Waals surface area contributed by atoms with Crippen LogP contribution in [0, 0.1) is 6.92 Å². The van der Waals surface area contributed by atoms with Crippen LogP contribution in [0.1, 0.15) is 27.0 Å². The standard InChI is InChI=1S/C25H18Cl2O5/c1-14-21(31-23(28)12-15-6-8-16(30-2)9-7-15)11-10-17-24(29)22(32-25(14)17)13-18-19(26)4-3-5-20(18)27/h3-11,13H,12H2,1-2H3/b22-13-. The Morgan fingerprint density at radius 2 is 1.72 bits per heavy atom. The Balaban J connectivity index is 1.54. The average Bonchev–Trinajstić information content (AvgIpc) is 3.09. The van der Waals surface area contributed by atoms with Gasteiger partial charge in [0.1, 0.15) is 17.2 Å². The quantitative estimate of drug-likeness (QED) is 0.258. The number of methoxy groups -OCH3 is 1. The lowest BCUT2D eigenvalue weighted by molar-refractivity contribution is -0.133. The number of halogens is 2. The smallest absolute Gasteiger partial charge is 0.315 e. The Kier molecular flexibility index (Phi) is 6.21. The first-order valence-corrected chi connectivity index (χ1v) is 10.5. The number of carbonyl (C=O) groups excluding carboxylic acids is 2. The zero-order chi connectivity index (χ0) is 22.8. The average molecular weight is 469 g/mol. The fourth-order valence-corrected chi connectivity index (χ4v) is 3.83. The SMILES string of the molecule is COc1ccc(CC(=O)Oc2ccc3c(c2C)O/C(=C\c2c(Cl)cccc2Cl)C3=O)cc1. The molecule has 0 aromatic heterocycles. The fourth-order valence-electron chi connectivity index (χ4n) is 3.33. The lowest BCUT2D eigenvalue weighted by atomic mass is 10.1. The van der Waals surface area contributed by atoms with E-state index in [0.717, 1.165) is 5.56 Å². The Morgan fingerprint density at radius 1 is 1.03 bits per heavy atom. The van der Waals surface area contributed by atoms with Gasteiger partial charge in [-0.25, -0.2) is 0 Å². The van der Waals surface area contributed by atoms with E-state index in [4.69, 9.17) is 37.4 Å². The van der Waals surface area contributed by atoms with Crippen molar-refractivity contribution in [3.8, 4) is 17.2 Å². The molecule has 0 atom stereocenters. The molecule has 0 aliphatic carbocycles. The molecular formula is C25H18Cl2O5. The second-order valence-electron chi connectivity index (χ2n) is 7.14. The largest absolute Gasteiger partial charge is 0.497 e. The maximum atomic E-state index is 12.8. The van der Waals surface area contributed by atoms with Crippen LogP contribution in [0.25, 0.3) is 6.08 Å². The molecule has 1 aliphatic heterocycles. The number of ketones is 1. The van der Waals surface area contributed by atoms with E-state index in [1.54, 1.807) is 68.6 Å². The van der Waals surface area contributed by atoms with E-state index in [1.165, 1.54) is 6.08 Å². The van der Waals surface area contributed by atoms with Crippen molar-refractivity contribution >= 4 is 41.0 Å². The molecule has 32 heavy (non-hydrogen) atoms. The molecule has 3 aromatic rings. The van der Waals surface area contributed by atoms with Gasteiger partial charge in [-0.05, 0) is 55.0 Å². The van der Waals surface area contributed by atoms with Gasteiger partial charge in [0.2, 0.25) is 5.78 Å². The first-order valence-electron chi connectivity index (χ1n) is 9.73. The van der Waals surface area contributed by atoms with Crippen molar-refractivity contribution in [1.82, 2.24) is 0 Å². The van der Waals surface area contributed by atoms with Gasteiger partial charge in [-0.15, -0.1) is 0 Å². The summed E-state index contributed by atoms with van der Waals surface area (Å²) in [5, 5.41) is 0.810. The number of fused-ring (bicyclic) bond motifs is 1. The van der Waals surface area contributed by atoms with Crippen LogP contribution < -0.4 is 14.2 Å². The van der Waals surface area contributed by atoms with Gasteiger partial charge < -0.3 is 14.2 Å². The molecule has 0 amide bonds. The molecule has 0 saturated heterocycles. The molecule has 0 spiro atoms. The molecule has 4 rings (SSSR count). The summed E-state index contributed by atoms with van der Waals surface area (Å²) in [5.41, 5.74) is 2.22. The summed E-state index contributed by atoms with van der Waals surface area (Å²) in [6, 6.07) is 15.4. The van der Waals surface area contributed by atoms with Crippen LogP contribution in [0.2, 0.25) is 10.0 Å². The Hall–Kier alpha value is -3.28. The second kappa shape index (κ2) is 9.07. The van der Waals surface area contributed by atoms with Crippen LogP contribution in [0.15, 0.2) is 60.4 Å². The van der Waals surface area contributed by atoms with Gasteiger partial charge in [0, 0.05) is 21.2 Å². The molecule has 5 nitrogen and oxygen atoms in total. The molecule has 0 fully saturated rings. The Morgan fingerprint density at radius 3 is 2.38 bits per heavy atom. The maximum Gasteiger partial charge on any atom is 0.315 e. The number of benzene rings is 3. The highest BCUT2D eigenvalue weighted by atomic mass is 35.5. The van der Waals surface area contributed by atoms with Gasteiger partial charge in [-0.2, -0.15) is 0 Å². The maximum absolute atomic E-state index is 12.8. The Bertz CT molecular complexity index is 1230. The summed E-state index contributed by atoms with van der Waals surface area (Å²) in [7, 11) is 1.58. The molecule has 0 radical (unpaired) electrons. The molecule has 1 aliphatic rings. The van der Waals surface area contributed by atoms with Gasteiger partial charge in [-0.3, -0.25) is 9.59 Å². The number of allylic oxidation sites excluding steroid dienone is 1. The van der Waals surface area contributed by atoms with E-state index in [9.17, 15) is 9.59 Å². The van der Waals surface area contributed by atoms with E-state index in [1.807, 2.05) is 0 Å². The van der Waals surface area contributed by atoms with Crippen molar-refractivity contribution in [3.05, 3.63) is 92.7 Å². The van der Waals surface area contributed by atoms with Crippen LogP contribution in [0.3, 0.4) is 0 Å². The van der Waals surface area contributed by atoms with Gasteiger partial charge in [0.05, 0.1) is 19.1 Å². The van der Waals surface area contributed by atoms with E-state index in [2.05, 4.69) is 0 Å². The number of ether oxygens (including phenoxy) is 3. The van der Waals surface area contributed by atoms with Crippen LogP contribution in [0.5, 0.6) is 17.2 Å². The van der Waals surface area contributed by atoms with Crippen LogP contribution >= 0.6 is 23.2 Å². The van der Waals surface area contributed by atoms with Gasteiger partial charge >= 0.3 is 5.97 Å². The normalized spacial score (nSPS) is 13.6. The van der Waals surface area contributed by atoms with Gasteiger partial charge in [-0.1, -0.05) is 41.4 Å². The molecule has 7 heteroatoms. The molecule has 0 unspecified atom stereocenters. The molecule has 0 bridgehead atoms.